The van der Waals surface area contributed by atoms with Gasteiger partial charge in [-0.05, 0) is 24.5 Å². The van der Waals surface area contributed by atoms with Crippen LogP contribution < -0.4 is 5.32 Å². The predicted molar refractivity (Wildman–Crippen MR) is 73.7 cm³/mol. The Balaban J connectivity index is 2.70. The summed E-state index contributed by atoms with van der Waals surface area (Å²) < 4.78 is 0. The molecule has 1 amide bonds. The lowest BCUT2D eigenvalue weighted by atomic mass is 10.0. The van der Waals surface area contributed by atoms with Crippen molar-refractivity contribution in [3.63, 3.8) is 0 Å². The van der Waals surface area contributed by atoms with Crippen LogP contribution in [-0.4, -0.2) is 17.0 Å². The smallest absolute Gasteiger partial charge is 0.307 e. The number of hydrogen-bond donors (Lipinski definition) is 2. The van der Waals surface area contributed by atoms with Crippen molar-refractivity contribution in [1.29, 1.82) is 0 Å². The topological polar surface area (TPSA) is 66.4 Å². The van der Waals surface area contributed by atoms with Crippen LogP contribution in [0.25, 0.3) is 0 Å². The summed E-state index contributed by atoms with van der Waals surface area (Å²) in [6, 6.07) is 7.23. The van der Waals surface area contributed by atoms with Crippen LogP contribution in [0.3, 0.4) is 0 Å². The van der Waals surface area contributed by atoms with E-state index in [0.717, 1.165) is 17.5 Å². The van der Waals surface area contributed by atoms with E-state index < -0.39 is 5.97 Å². The maximum Gasteiger partial charge on any atom is 0.307 e. The highest BCUT2D eigenvalue weighted by molar-refractivity contribution is 5.92. The summed E-state index contributed by atoms with van der Waals surface area (Å²) in [6.07, 6.45) is 2.64. The number of carbonyl (C=O) groups is 2. The fourth-order valence-corrected chi connectivity index (χ4v) is 1.78. The molecule has 0 unspecified atom stereocenters. The molecule has 0 aromatic heterocycles. The van der Waals surface area contributed by atoms with Gasteiger partial charge in [-0.1, -0.05) is 37.3 Å². The first-order valence-corrected chi connectivity index (χ1v) is 6.28. The minimum atomic E-state index is -0.874. The van der Waals surface area contributed by atoms with Gasteiger partial charge in [0.15, 0.2) is 0 Å². The van der Waals surface area contributed by atoms with E-state index in [1.54, 1.807) is 19.1 Å². The monoisotopic (exact) mass is 261 g/mol. The van der Waals surface area contributed by atoms with Gasteiger partial charge in [0.25, 0.3) is 0 Å². The third-order valence-electron chi connectivity index (χ3n) is 2.77. The fourth-order valence-electron chi connectivity index (χ4n) is 1.78. The molecule has 0 spiro atoms. The first-order valence-electron chi connectivity index (χ1n) is 6.28. The Morgan fingerprint density at radius 1 is 1.26 bits per heavy atom. The second kappa shape index (κ2) is 7.36. The molecule has 1 aromatic rings. The van der Waals surface area contributed by atoms with Crippen molar-refractivity contribution < 1.29 is 14.7 Å². The second-order valence-electron chi connectivity index (χ2n) is 4.32. The molecule has 0 radical (unpaired) electrons. The molecule has 0 heterocycles. The predicted octanol–water partition coefficient (Wildman–Crippen LogP) is 2.29. The minimum Gasteiger partial charge on any atom is -0.481 e. The van der Waals surface area contributed by atoms with Gasteiger partial charge >= 0.3 is 5.97 Å². The number of allylic oxidation sites excluding steroid dienone is 1. The van der Waals surface area contributed by atoms with Crippen LogP contribution in [-0.2, 0) is 22.6 Å². The van der Waals surface area contributed by atoms with Crippen molar-refractivity contribution in [2.24, 2.45) is 0 Å². The van der Waals surface area contributed by atoms with Gasteiger partial charge in [-0.25, -0.2) is 0 Å². The highest BCUT2D eigenvalue weighted by Crippen LogP contribution is 2.09. The molecule has 102 valence electrons. The lowest BCUT2D eigenvalue weighted by Crippen LogP contribution is -2.24. The van der Waals surface area contributed by atoms with E-state index in [1.807, 2.05) is 25.1 Å². The maximum absolute atomic E-state index is 11.7. The third-order valence-corrected chi connectivity index (χ3v) is 2.77. The zero-order valence-electron chi connectivity index (χ0n) is 11.3. The third kappa shape index (κ3) is 4.95. The van der Waals surface area contributed by atoms with E-state index in [2.05, 4.69) is 5.32 Å². The average molecular weight is 261 g/mol. The lowest BCUT2D eigenvalue weighted by Gasteiger charge is -2.09. The Labute approximate surface area is 113 Å². The molecule has 0 bridgehead atoms. The van der Waals surface area contributed by atoms with E-state index in [4.69, 9.17) is 5.11 Å². The van der Waals surface area contributed by atoms with E-state index >= 15 is 0 Å². The number of amides is 1. The van der Waals surface area contributed by atoms with Crippen LogP contribution in [0.15, 0.2) is 35.9 Å². The number of carboxylic acids is 1. The number of carboxylic acid groups (broad SMARTS) is 1. The molecule has 0 fully saturated rings. The summed E-state index contributed by atoms with van der Waals surface area (Å²) in [5.41, 5.74) is 2.24. The molecule has 0 saturated heterocycles. The standard InChI is InChI=1S/C15H19NO3/c1-3-6-11(2)15(19)16-10-13-8-5-4-7-12(13)9-14(17)18/h4-8H,3,9-10H2,1-2H3,(H,16,19)(H,17,18)/b11-6-. The van der Waals surface area contributed by atoms with Gasteiger partial charge in [-0.15, -0.1) is 0 Å². The molecule has 0 saturated carbocycles. The van der Waals surface area contributed by atoms with Gasteiger partial charge in [-0.2, -0.15) is 0 Å². The van der Waals surface area contributed by atoms with Gasteiger partial charge < -0.3 is 10.4 Å². The molecular formula is C15H19NO3. The molecule has 1 rings (SSSR count). The van der Waals surface area contributed by atoms with Gasteiger partial charge in [0.2, 0.25) is 5.91 Å². The molecular weight excluding hydrogens is 242 g/mol. The largest absolute Gasteiger partial charge is 0.481 e. The minimum absolute atomic E-state index is 0.0319. The van der Waals surface area contributed by atoms with Gasteiger partial charge in [0, 0.05) is 12.1 Å². The summed E-state index contributed by atoms with van der Waals surface area (Å²) in [5, 5.41) is 11.6. The zero-order chi connectivity index (χ0) is 14.3. The van der Waals surface area contributed by atoms with Crippen LogP contribution in [0.5, 0.6) is 0 Å². The Hall–Kier alpha value is -2.10. The summed E-state index contributed by atoms with van der Waals surface area (Å²) >= 11 is 0. The molecule has 1 aromatic carbocycles. The maximum atomic E-state index is 11.7. The number of rotatable bonds is 6. The first kappa shape index (κ1) is 15.0. The number of benzene rings is 1. The van der Waals surface area contributed by atoms with Crippen LogP contribution >= 0.6 is 0 Å². The summed E-state index contributed by atoms with van der Waals surface area (Å²) in [6.45, 7) is 4.08. The normalized spacial score (nSPS) is 11.2. The number of hydrogen-bond acceptors (Lipinski definition) is 2. The first-order chi connectivity index (χ1) is 9.04. The van der Waals surface area contributed by atoms with Gasteiger partial charge in [-0.3, -0.25) is 9.59 Å². The van der Waals surface area contributed by atoms with Crippen molar-refractivity contribution in [2.75, 3.05) is 0 Å². The van der Waals surface area contributed by atoms with Crippen LogP contribution in [0.1, 0.15) is 31.4 Å². The molecule has 19 heavy (non-hydrogen) atoms. The lowest BCUT2D eigenvalue weighted by molar-refractivity contribution is -0.136. The number of nitrogens with one attached hydrogen (secondary N) is 1. The molecule has 4 heteroatoms. The molecule has 0 aliphatic heterocycles. The average Bonchev–Trinajstić information content (AvgIpc) is 2.37. The summed E-state index contributed by atoms with van der Waals surface area (Å²) in [5.74, 6) is -0.993. The van der Waals surface area contributed by atoms with Crippen molar-refractivity contribution in [3.8, 4) is 0 Å². The van der Waals surface area contributed by atoms with E-state index in [9.17, 15) is 9.59 Å². The van der Waals surface area contributed by atoms with E-state index in [-0.39, 0.29) is 12.3 Å². The molecule has 0 aliphatic rings. The van der Waals surface area contributed by atoms with Crippen molar-refractivity contribution >= 4 is 11.9 Å². The Bertz CT molecular complexity index is 492. The van der Waals surface area contributed by atoms with E-state index in [0.29, 0.717) is 12.1 Å². The van der Waals surface area contributed by atoms with E-state index in [1.165, 1.54) is 0 Å². The zero-order valence-corrected chi connectivity index (χ0v) is 11.3. The van der Waals surface area contributed by atoms with Crippen molar-refractivity contribution in [2.45, 2.75) is 33.2 Å². The summed E-state index contributed by atoms with van der Waals surface area (Å²) in [4.78, 5) is 22.5. The molecule has 4 nitrogen and oxygen atoms in total. The van der Waals surface area contributed by atoms with Crippen LogP contribution in [0, 0.1) is 0 Å². The Morgan fingerprint density at radius 2 is 1.89 bits per heavy atom. The van der Waals surface area contributed by atoms with Gasteiger partial charge in [0.05, 0.1) is 6.42 Å². The number of carbonyl (C=O) groups excluding carboxylic acids is 1. The molecule has 0 atom stereocenters. The molecule has 0 aliphatic carbocycles. The number of aliphatic carboxylic acids is 1. The SMILES string of the molecule is CC/C=C(/C)C(=O)NCc1ccccc1CC(=O)O. The quantitative estimate of drug-likeness (QED) is 0.772. The van der Waals surface area contributed by atoms with Crippen LogP contribution in [0.2, 0.25) is 0 Å². The van der Waals surface area contributed by atoms with Gasteiger partial charge in [0.1, 0.15) is 0 Å². The fraction of sp³-hybridized carbons (Fsp3) is 0.333. The second-order valence-corrected chi connectivity index (χ2v) is 4.32. The summed E-state index contributed by atoms with van der Waals surface area (Å²) in [7, 11) is 0. The highest BCUT2D eigenvalue weighted by atomic mass is 16.4. The Morgan fingerprint density at radius 3 is 2.47 bits per heavy atom. The van der Waals surface area contributed by atoms with Crippen molar-refractivity contribution in [3.05, 3.63) is 47.0 Å². The molecule has 2 N–H and O–H groups in total. The van der Waals surface area contributed by atoms with Crippen molar-refractivity contribution in [1.82, 2.24) is 5.32 Å². The van der Waals surface area contributed by atoms with Crippen LogP contribution in [0.4, 0.5) is 0 Å². The highest BCUT2D eigenvalue weighted by Gasteiger charge is 2.08. The Kier molecular flexibility index (Phi) is 5.79.